The second-order valence-corrected chi connectivity index (χ2v) is 7.23. The number of fused-ring (bicyclic) bond motifs is 5. The van der Waals surface area contributed by atoms with E-state index in [2.05, 4.69) is 38.7 Å². The molecule has 1 N–H and O–H groups in total. The summed E-state index contributed by atoms with van der Waals surface area (Å²) in [6.07, 6.45) is 6.60. The number of hydrogen-bond acceptors (Lipinski definition) is 3. The van der Waals surface area contributed by atoms with Crippen LogP contribution in [0.4, 0.5) is 0 Å². The average molecular weight is 349 g/mol. The van der Waals surface area contributed by atoms with Gasteiger partial charge in [0, 0.05) is 53.6 Å². The van der Waals surface area contributed by atoms with Crippen molar-refractivity contribution >= 4 is 10.9 Å². The minimum absolute atomic E-state index is 0. The van der Waals surface area contributed by atoms with E-state index >= 15 is 0 Å². The summed E-state index contributed by atoms with van der Waals surface area (Å²) in [7, 11) is 0. The molecule has 2 aromatic heterocycles. The summed E-state index contributed by atoms with van der Waals surface area (Å²) in [4.78, 5) is 6.79. The van der Waals surface area contributed by atoms with Crippen molar-refractivity contribution in [1.82, 2.24) is 14.5 Å². The topological polar surface area (TPSA) is 41.3 Å². The fraction of sp³-hybridized carbons (Fsp3) is 0.409. The van der Waals surface area contributed by atoms with Crippen LogP contribution in [0.5, 0.6) is 0 Å². The van der Waals surface area contributed by atoms with E-state index in [9.17, 15) is 5.11 Å². The summed E-state index contributed by atoms with van der Waals surface area (Å²) in [6, 6.07) is 13.1. The van der Waals surface area contributed by atoms with Gasteiger partial charge in [0.25, 0.3) is 0 Å². The summed E-state index contributed by atoms with van der Waals surface area (Å²) in [5, 5.41) is 12.1. The molecule has 1 saturated heterocycles. The molecule has 4 heteroatoms. The molecule has 0 saturated carbocycles. The number of aliphatic hydroxyl groups is 1. The summed E-state index contributed by atoms with van der Waals surface area (Å²) in [5.41, 5.74) is 5.07. The lowest BCUT2D eigenvalue weighted by Crippen LogP contribution is -2.31. The van der Waals surface area contributed by atoms with E-state index in [1.807, 2.05) is 12.1 Å². The van der Waals surface area contributed by atoms with Crippen molar-refractivity contribution in [3.05, 3.63) is 65.6 Å². The second-order valence-electron chi connectivity index (χ2n) is 7.23. The van der Waals surface area contributed by atoms with Gasteiger partial charge in [0.05, 0.1) is 12.6 Å². The Labute approximate surface area is 155 Å². The molecule has 5 rings (SSSR count). The Kier molecular flexibility index (Phi) is 4.55. The number of para-hydroxylation sites is 1. The van der Waals surface area contributed by atoms with Crippen LogP contribution >= 0.6 is 0 Å². The molecule has 1 fully saturated rings. The Morgan fingerprint density at radius 2 is 2.04 bits per heavy atom. The maximum atomic E-state index is 10.8. The van der Waals surface area contributed by atoms with Gasteiger partial charge < -0.3 is 9.67 Å². The number of aliphatic hydroxyl groups excluding tert-OH is 1. The highest BCUT2D eigenvalue weighted by molar-refractivity contribution is 5.86. The fourth-order valence-corrected chi connectivity index (χ4v) is 4.75. The third-order valence-electron chi connectivity index (χ3n) is 5.88. The van der Waals surface area contributed by atoms with E-state index in [-0.39, 0.29) is 7.43 Å². The maximum absolute atomic E-state index is 10.8. The Balaban J connectivity index is 0.00000168. The van der Waals surface area contributed by atoms with Gasteiger partial charge in [-0.15, -0.1) is 0 Å². The molecule has 3 aromatic rings. The van der Waals surface area contributed by atoms with Crippen LogP contribution in [0.15, 0.2) is 48.8 Å². The maximum Gasteiger partial charge on any atom is 0.0983 e. The van der Waals surface area contributed by atoms with Crippen molar-refractivity contribution in [3.63, 3.8) is 0 Å². The fourth-order valence-electron chi connectivity index (χ4n) is 4.75. The Bertz CT molecular complexity index is 902. The largest absolute Gasteiger partial charge is 0.386 e. The first kappa shape index (κ1) is 17.3. The Hall–Kier alpha value is -2.17. The van der Waals surface area contributed by atoms with E-state index in [0.29, 0.717) is 12.6 Å². The lowest BCUT2D eigenvalue weighted by atomic mass is 9.96. The van der Waals surface area contributed by atoms with Crippen LogP contribution in [0.1, 0.15) is 49.2 Å². The van der Waals surface area contributed by atoms with Gasteiger partial charge in [0.1, 0.15) is 0 Å². The Morgan fingerprint density at radius 3 is 2.88 bits per heavy atom. The van der Waals surface area contributed by atoms with E-state index in [1.165, 1.54) is 41.5 Å². The number of rotatable bonds is 3. The van der Waals surface area contributed by atoms with Gasteiger partial charge in [-0.3, -0.25) is 9.88 Å². The predicted molar refractivity (Wildman–Crippen MR) is 105 cm³/mol. The minimum Gasteiger partial charge on any atom is -0.386 e. The predicted octanol–water partition coefficient (Wildman–Crippen LogP) is 4.10. The molecule has 1 aromatic carbocycles. The van der Waals surface area contributed by atoms with E-state index in [4.69, 9.17) is 0 Å². The van der Waals surface area contributed by atoms with E-state index in [0.717, 1.165) is 18.5 Å². The molecule has 4 heterocycles. The van der Waals surface area contributed by atoms with Gasteiger partial charge in [0.15, 0.2) is 0 Å². The van der Waals surface area contributed by atoms with E-state index < -0.39 is 6.10 Å². The zero-order valence-corrected chi connectivity index (χ0v) is 14.3. The average Bonchev–Trinajstić information content (AvgIpc) is 3.25. The van der Waals surface area contributed by atoms with Crippen molar-refractivity contribution in [1.29, 1.82) is 0 Å². The first-order valence-electron chi connectivity index (χ1n) is 9.25. The molecule has 4 nitrogen and oxygen atoms in total. The summed E-state index contributed by atoms with van der Waals surface area (Å²) in [6.45, 7) is 2.95. The third-order valence-corrected chi connectivity index (χ3v) is 5.88. The zero-order chi connectivity index (χ0) is 16.8. The molecular weight excluding hydrogens is 322 g/mol. The summed E-state index contributed by atoms with van der Waals surface area (Å²) in [5.74, 6) is 0. The Morgan fingerprint density at radius 1 is 1.15 bits per heavy atom. The van der Waals surface area contributed by atoms with Crippen LogP contribution in [-0.4, -0.2) is 32.6 Å². The van der Waals surface area contributed by atoms with Crippen LogP contribution in [0, 0.1) is 0 Å². The van der Waals surface area contributed by atoms with Crippen LogP contribution in [0.2, 0.25) is 0 Å². The van der Waals surface area contributed by atoms with Gasteiger partial charge in [-0.1, -0.05) is 31.7 Å². The number of pyridine rings is 1. The standard InChI is InChI=1S/C21H23N3O.CH4/c25-20(15-5-3-10-22-13-15)14-24-17-7-2-1-6-16(17)21-18-8-4-11-23(18)12-9-19(21)24;/h1-3,5-7,10,13,18,20,25H,4,8-9,11-12,14H2;1H4. The normalized spacial score (nSPS) is 20.4. The quantitative estimate of drug-likeness (QED) is 0.774. The lowest BCUT2D eigenvalue weighted by molar-refractivity contribution is 0.155. The summed E-state index contributed by atoms with van der Waals surface area (Å²) >= 11 is 0. The molecular formula is C22H27N3O. The number of aromatic nitrogens is 2. The highest BCUT2D eigenvalue weighted by Gasteiger charge is 2.35. The van der Waals surface area contributed by atoms with E-state index in [1.54, 1.807) is 12.4 Å². The third kappa shape index (κ3) is 2.65. The zero-order valence-electron chi connectivity index (χ0n) is 14.3. The monoisotopic (exact) mass is 349 g/mol. The van der Waals surface area contributed by atoms with Crippen molar-refractivity contribution in [2.75, 3.05) is 13.1 Å². The molecule has 0 aliphatic carbocycles. The molecule has 26 heavy (non-hydrogen) atoms. The van der Waals surface area contributed by atoms with Gasteiger partial charge >= 0.3 is 0 Å². The first-order chi connectivity index (χ1) is 12.3. The first-order valence-corrected chi connectivity index (χ1v) is 9.25. The molecule has 0 spiro atoms. The number of nitrogens with zero attached hydrogens (tertiary/aromatic N) is 3. The van der Waals surface area contributed by atoms with Crippen molar-refractivity contribution in [2.45, 2.75) is 45.4 Å². The minimum atomic E-state index is -0.532. The molecule has 0 radical (unpaired) electrons. The number of benzene rings is 1. The summed E-state index contributed by atoms with van der Waals surface area (Å²) < 4.78 is 2.36. The highest BCUT2D eigenvalue weighted by Crippen LogP contribution is 2.43. The molecule has 2 unspecified atom stereocenters. The number of hydrogen-bond donors (Lipinski definition) is 1. The molecule has 0 amide bonds. The van der Waals surface area contributed by atoms with Gasteiger partial charge in [0.2, 0.25) is 0 Å². The molecule has 0 bridgehead atoms. The second kappa shape index (κ2) is 6.86. The van der Waals surface area contributed by atoms with Crippen molar-refractivity contribution < 1.29 is 5.11 Å². The van der Waals surface area contributed by atoms with Gasteiger partial charge in [-0.2, -0.15) is 0 Å². The SMILES string of the molecule is C.OC(Cn1c2c(c3ccccc31)C1CCCN1CC2)c1cccnc1. The molecule has 2 atom stereocenters. The van der Waals surface area contributed by atoms with Gasteiger partial charge in [-0.25, -0.2) is 0 Å². The van der Waals surface area contributed by atoms with Crippen LogP contribution in [-0.2, 0) is 13.0 Å². The highest BCUT2D eigenvalue weighted by atomic mass is 16.3. The molecule has 136 valence electrons. The van der Waals surface area contributed by atoms with Crippen LogP contribution in [0.3, 0.4) is 0 Å². The van der Waals surface area contributed by atoms with Crippen LogP contribution < -0.4 is 0 Å². The smallest absolute Gasteiger partial charge is 0.0983 e. The molecule has 2 aliphatic rings. The van der Waals surface area contributed by atoms with Gasteiger partial charge in [-0.05, 0) is 37.1 Å². The lowest BCUT2D eigenvalue weighted by Gasteiger charge is -2.31. The van der Waals surface area contributed by atoms with Crippen molar-refractivity contribution in [3.8, 4) is 0 Å². The molecule has 2 aliphatic heterocycles. The van der Waals surface area contributed by atoms with Crippen LogP contribution in [0.25, 0.3) is 10.9 Å². The van der Waals surface area contributed by atoms with Crippen molar-refractivity contribution in [2.24, 2.45) is 0 Å².